The van der Waals surface area contributed by atoms with Gasteiger partial charge in [-0.25, -0.2) is 19.6 Å². The fourth-order valence-electron chi connectivity index (χ4n) is 2.55. The Balaban J connectivity index is 2.47. The Morgan fingerprint density at radius 3 is 2.12 bits per heavy atom. The lowest BCUT2D eigenvalue weighted by molar-refractivity contribution is -0.384. The molecule has 0 aliphatic carbocycles. The third-order valence-corrected chi connectivity index (χ3v) is 3.73. The van der Waals surface area contributed by atoms with E-state index in [1.165, 1.54) is 24.4 Å². The predicted octanol–water partition coefficient (Wildman–Crippen LogP) is 4.78. The van der Waals surface area contributed by atoms with Gasteiger partial charge in [0.05, 0.1) is 10.6 Å². The van der Waals surface area contributed by atoms with Gasteiger partial charge in [0, 0.05) is 17.8 Å². The molecular weight excluding hydrogens is 430 g/mol. The third kappa shape index (κ3) is 7.27. The molecule has 0 fully saturated rings. The van der Waals surface area contributed by atoms with Gasteiger partial charge >= 0.3 is 12.2 Å². The predicted molar refractivity (Wildman–Crippen MR) is 122 cm³/mol. The molecule has 1 aromatic heterocycles. The van der Waals surface area contributed by atoms with Crippen molar-refractivity contribution in [2.75, 3.05) is 0 Å². The minimum atomic E-state index is -1.06. The number of aliphatic imine (C=N–C) groups is 1. The van der Waals surface area contributed by atoms with E-state index >= 15 is 0 Å². The fourth-order valence-corrected chi connectivity index (χ4v) is 2.55. The number of carbonyl (C=O) groups excluding carboxylic acids is 2. The molecule has 0 saturated heterocycles. The molecule has 11 nitrogen and oxygen atoms in total. The smallest absolute Gasteiger partial charge is 0.427 e. The normalized spacial score (nSPS) is 12.1. The Bertz CT molecular complexity index is 1060. The molecule has 2 amide bonds. The van der Waals surface area contributed by atoms with E-state index in [1.807, 2.05) is 0 Å². The van der Waals surface area contributed by atoms with Gasteiger partial charge in [-0.05, 0) is 59.7 Å². The standard InChI is InChI=1S/C22H27N5O6/c1-21(2,3)32-19(28)26(20(29)33-22(4,5)6)18(23)25-15-10-7-9-14(13-15)17-16(27(30)31)11-8-12-24-17/h7-13H,1-6H3,(H2,23,25). The van der Waals surface area contributed by atoms with Crippen molar-refractivity contribution in [1.82, 2.24) is 9.88 Å². The number of ether oxygens (including phenoxy) is 2. The van der Waals surface area contributed by atoms with Crippen LogP contribution in [0.2, 0.25) is 0 Å². The van der Waals surface area contributed by atoms with Crippen LogP contribution in [0, 0.1) is 10.1 Å². The van der Waals surface area contributed by atoms with E-state index < -0.39 is 34.3 Å². The number of nitrogens with zero attached hydrogens (tertiary/aromatic N) is 4. The molecule has 0 unspecified atom stereocenters. The van der Waals surface area contributed by atoms with Crippen molar-refractivity contribution in [1.29, 1.82) is 0 Å². The highest BCUT2D eigenvalue weighted by Gasteiger charge is 2.34. The van der Waals surface area contributed by atoms with Crippen LogP contribution in [0.1, 0.15) is 41.5 Å². The van der Waals surface area contributed by atoms with Gasteiger partial charge in [-0.15, -0.1) is 4.90 Å². The molecule has 2 rings (SSSR count). The summed E-state index contributed by atoms with van der Waals surface area (Å²) in [4.78, 5) is 44.9. The number of nitro groups is 1. The van der Waals surface area contributed by atoms with E-state index in [0.717, 1.165) is 0 Å². The Labute approximate surface area is 191 Å². The molecular formula is C22H27N5O6. The molecule has 0 aliphatic heterocycles. The van der Waals surface area contributed by atoms with Gasteiger partial charge in [-0.2, -0.15) is 0 Å². The van der Waals surface area contributed by atoms with Crippen LogP contribution >= 0.6 is 0 Å². The number of hydrogen-bond acceptors (Lipinski definition) is 8. The fraction of sp³-hybridized carbons (Fsp3) is 0.364. The summed E-state index contributed by atoms with van der Waals surface area (Å²) in [6.07, 6.45) is -0.691. The third-order valence-electron chi connectivity index (χ3n) is 3.73. The highest BCUT2D eigenvalue weighted by Crippen LogP contribution is 2.29. The van der Waals surface area contributed by atoms with Crippen molar-refractivity contribution in [2.45, 2.75) is 52.7 Å². The Morgan fingerprint density at radius 2 is 1.61 bits per heavy atom. The molecule has 33 heavy (non-hydrogen) atoms. The zero-order valence-corrected chi connectivity index (χ0v) is 19.4. The quantitative estimate of drug-likeness (QED) is 0.299. The van der Waals surface area contributed by atoms with Gasteiger partial charge in [0.15, 0.2) is 0 Å². The van der Waals surface area contributed by atoms with Crippen LogP contribution in [0.25, 0.3) is 11.3 Å². The van der Waals surface area contributed by atoms with Crippen LogP contribution in [-0.2, 0) is 9.47 Å². The number of nitrogens with two attached hydrogens (primary N) is 1. The zero-order valence-electron chi connectivity index (χ0n) is 19.4. The van der Waals surface area contributed by atoms with Crippen molar-refractivity contribution in [2.24, 2.45) is 10.7 Å². The van der Waals surface area contributed by atoms with Crippen molar-refractivity contribution in [3.8, 4) is 11.3 Å². The summed E-state index contributed by atoms with van der Waals surface area (Å²) in [5, 5.41) is 11.3. The minimum absolute atomic E-state index is 0.134. The monoisotopic (exact) mass is 457 g/mol. The number of aromatic nitrogens is 1. The average molecular weight is 457 g/mol. The second-order valence-electron chi connectivity index (χ2n) is 8.94. The van der Waals surface area contributed by atoms with Crippen molar-refractivity contribution in [3.63, 3.8) is 0 Å². The molecule has 11 heteroatoms. The van der Waals surface area contributed by atoms with Crippen LogP contribution in [0.4, 0.5) is 21.0 Å². The van der Waals surface area contributed by atoms with Gasteiger partial charge in [-0.3, -0.25) is 10.1 Å². The summed E-state index contributed by atoms with van der Waals surface area (Å²) in [5.41, 5.74) is 4.77. The van der Waals surface area contributed by atoms with E-state index in [9.17, 15) is 19.7 Å². The molecule has 0 saturated carbocycles. The molecule has 0 radical (unpaired) electrons. The van der Waals surface area contributed by atoms with E-state index in [0.29, 0.717) is 10.5 Å². The Morgan fingerprint density at radius 1 is 1.03 bits per heavy atom. The number of benzene rings is 1. The second-order valence-corrected chi connectivity index (χ2v) is 8.94. The summed E-state index contributed by atoms with van der Waals surface area (Å²) >= 11 is 0. The summed E-state index contributed by atoms with van der Waals surface area (Å²) < 4.78 is 10.5. The van der Waals surface area contributed by atoms with Crippen molar-refractivity contribution >= 4 is 29.5 Å². The molecule has 1 aromatic carbocycles. The largest absolute Gasteiger partial charge is 0.443 e. The Kier molecular flexibility index (Phi) is 7.37. The molecule has 0 spiro atoms. The topological polar surface area (TPSA) is 150 Å². The lowest BCUT2D eigenvalue weighted by Gasteiger charge is -2.27. The SMILES string of the molecule is CC(C)(C)OC(=O)N(C(=O)OC(C)(C)C)C(N)=Nc1cccc(-c2ncccc2[N+](=O)[O-])c1. The van der Waals surface area contributed by atoms with Gasteiger partial charge in [0.1, 0.15) is 16.9 Å². The summed E-state index contributed by atoms with van der Waals surface area (Å²) in [6, 6.07) is 9.04. The summed E-state index contributed by atoms with van der Waals surface area (Å²) in [7, 11) is 0. The van der Waals surface area contributed by atoms with Gasteiger partial charge in [0.2, 0.25) is 5.96 Å². The molecule has 0 aliphatic rings. The second kappa shape index (κ2) is 9.63. The van der Waals surface area contributed by atoms with Crippen LogP contribution in [0.15, 0.2) is 47.6 Å². The first-order valence-electron chi connectivity index (χ1n) is 9.98. The summed E-state index contributed by atoms with van der Waals surface area (Å²) in [6.45, 7) is 9.80. The first kappa shape index (κ1) is 25.2. The molecule has 176 valence electrons. The van der Waals surface area contributed by atoms with E-state index in [-0.39, 0.29) is 17.1 Å². The number of carbonyl (C=O) groups is 2. The van der Waals surface area contributed by atoms with Gasteiger partial charge < -0.3 is 15.2 Å². The molecule has 2 N–H and O–H groups in total. The molecule has 0 atom stereocenters. The maximum Gasteiger partial charge on any atom is 0.427 e. The van der Waals surface area contributed by atoms with Gasteiger partial charge in [-0.1, -0.05) is 12.1 Å². The zero-order chi connectivity index (χ0) is 25.0. The summed E-state index contributed by atoms with van der Waals surface area (Å²) in [5.74, 6) is -0.494. The lowest BCUT2D eigenvalue weighted by Crippen LogP contribution is -2.49. The number of hydrogen-bond donors (Lipinski definition) is 1. The number of pyridine rings is 1. The number of imide groups is 1. The first-order chi connectivity index (χ1) is 15.2. The lowest BCUT2D eigenvalue weighted by atomic mass is 10.1. The van der Waals surface area contributed by atoms with Gasteiger partial charge in [0.25, 0.3) is 5.69 Å². The average Bonchev–Trinajstić information content (AvgIpc) is 2.65. The molecule has 2 aromatic rings. The number of amides is 2. The van der Waals surface area contributed by atoms with E-state index in [2.05, 4.69) is 9.98 Å². The highest BCUT2D eigenvalue weighted by molar-refractivity contribution is 6.08. The maximum atomic E-state index is 12.7. The maximum absolute atomic E-state index is 12.7. The Hall–Kier alpha value is -4.02. The van der Waals surface area contributed by atoms with Crippen molar-refractivity contribution in [3.05, 3.63) is 52.7 Å². The van der Waals surface area contributed by atoms with Crippen LogP contribution < -0.4 is 5.73 Å². The number of rotatable bonds is 3. The van der Waals surface area contributed by atoms with Crippen LogP contribution in [0.3, 0.4) is 0 Å². The van der Waals surface area contributed by atoms with Crippen LogP contribution in [0.5, 0.6) is 0 Å². The van der Waals surface area contributed by atoms with E-state index in [4.69, 9.17) is 15.2 Å². The molecule has 0 bridgehead atoms. The molecule has 1 heterocycles. The van der Waals surface area contributed by atoms with E-state index in [1.54, 1.807) is 59.7 Å². The van der Waals surface area contributed by atoms with Crippen LogP contribution in [-0.4, -0.2) is 44.2 Å². The number of guanidine groups is 1. The first-order valence-corrected chi connectivity index (χ1v) is 9.98. The highest BCUT2D eigenvalue weighted by atomic mass is 16.6. The minimum Gasteiger partial charge on any atom is -0.443 e. The van der Waals surface area contributed by atoms with Crippen molar-refractivity contribution < 1.29 is 24.0 Å².